The lowest BCUT2D eigenvalue weighted by atomic mass is 9.95. The van der Waals surface area contributed by atoms with Crippen LogP contribution in [0, 0.1) is 19.7 Å². The first-order valence-electron chi connectivity index (χ1n) is 6.63. The van der Waals surface area contributed by atoms with Crippen LogP contribution in [-0.4, -0.2) is 22.8 Å². The topological polar surface area (TPSA) is 72.6 Å². The van der Waals surface area contributed by atoms with Gasteiger partial charge in [0.2, 0.25) is 0 Å². The van der Waals surface area contributed by atoms with Gasteiger partial charge in [-0.05, 0) is 38.5 Å². The van der Waals surface area contributed by atoms with Gasteiger partial charge in [-0.3, -0.25) is 0 Å². The highest BCUT2D eigenvalue weighted by Gasteiger charge is 2.30. The molecule has 0 aliphatic heterocycles. The number of benzene rings is 1. The highest BCUT2D eigenvalue weighted by Crippen LogP contribution is 2.33. The molecular weight excluding hydrogens is 357 g/mol. The van der Waals surface area contributed by atoms with Crippen LogP contribution < -0.4 is 0 Å². The molecule has 7 heteroatoms. The number of aliphatic hydroxyl groups excluding tert-OH is 1. The van der Waals surface area contributed by atoms with E-state index in [9.17, 15) is 14.3 Å². The molecule has 1 aromatic carbocycles. The number of aryl methyl sites for hydroxylation is 2. The Morgan fingerprint density at radius 1 is 1.45 bits per heavy atom. The van der Waals surface area contributed by atoms with E-state index in [-0.39, 0.29) is 29.2 Å². The van der Waals surface area contributed by atoms with Crippen molar-refractivity contribution >= 4 is 21.9 Å². The van der Waals surface area contributed by atoms with Crippen LogP contribution in [0.1, 0.15) is 46.0 Å². The first kappa shape index (κ1) is 16.6. The van der Waals surface area contributed by atoms with Crippen molar-refractivity contribution in [2.75, 3.05) is 6.61 Å². The van der Waals surface area contributed by atoms with E-state index in [1.165, 1.54) is 6.07 Å². The second-order valence-electron chi connectivity index (χ2n) is 4.74. The van der Waals surface area contributed by atoms with E-state index in [2.05, 4.69) is 21.1 Å². The van der Waals surface area contributed by atoms with E-state index < -0.39 is 17.9 Å². The van der Waals surface area contributed by atoms with Crippen molar-refractivity contribution in [3.63, 3.8) is 0 Å². The van der Waals surface area contributed by atoms with Crippen molar-refractivity contribution in [2.45, 2.75) is 26.9 Å². The molecule has 0 bridgehead atoms. The maximum Gasteiger partial charge on any atom is 0.360 e. The number of ether oxygens (including phenoxy) is 1. The smallest absolute Gasteiger partial charge is 0.360 e. The van der Waals surface area contributed by atoms with Crippen LogP contribution in [0.15, 0.2) is 21.1 Å². The zero-order valence-electron chi connectivity index (χ0n) is 12.3. The number of halogens is 2. The molecule has 1 N–H and O–H groups in total. The Bertz CT molecular complexity index is 691. The van der Waals surface area contributed by atoms with E-state index in [0.717, 1.165) is 0 Å². The normalized spacial score (nSPS) is 12.3. The molecule has 0 radical (unpaired) electrons. The molecule has 118 valence electrons. The first-order valence-corrected chi connectivity index (χ1v) is 7.43. The predicted molar refractivity (Wildman–Crippen MR) is 80.1 cm³/mol. The van der Waals surface area contributed by atoms with Crippen LogP contribution in [0.3, 0.4) is 0 Å². The van der Waals surface area contributed by atoms with Crippen LogP contribution in [0.4, 0.5) is 4.39 Å². The second-order valence-corrected chi connectivity index (χ2v) is 5.66. The summed E-state index contributed by atoms with van der Waals surface area (Å²) in [6.45, 7) is 5.02. The van der Waals surface area contributed by atoms with Gasteiger partial charge in [0, 0.05) is 10.0 Å². The summed E-state index contributed by atoms with van der Waals surface area (Å²) in [7, 11) is 0. The summed E-state index contributed by atoms with van der Waals surface area (Å²) in [5, 5.41) is 14.2. The Hall–Kier alpha value is -1.73. The van der Waals surface area contributed by atoms with Gasteiger partial charge in [0.15, 0.2) is 5.69 Å². The third kappa shape index (κ3) is 3.05. The zero-order chi connectivity index (χ0) is 16.4. The molecule has 0 saturated heterocycles. The third-order valence-electron chi connectivity index (χ3n) is 3.23. The van der Waals surface area contributed by atoms with Crippen LogP contribution >= 0.6 is 15.9 Å². The Kier molecular flexibility index (Phi) is 4.97. The van der Waals surface area contributed by atoms with E-state index in [0.29, 0.717) is 10.0 Å². The minimum atomic E-state index is -1.38. The lowest BCUT2D eigenvalue weighted by Crippen LogP contribution is -2.13. The van der Waals surface area contributed by atoms with Gasteiger partial charge in [-0.25, -0.2) is 9.18 Å². The number of rotatable bonds is 4. The molecule has 1 atom stereocenters. The highest BCUT2D eigenvalue weighted by molar-refractivity contribution is 9.10. The molecule has 22 heavy (non-hydrogen) atoms. The fourth-order valence-electron chi connectivity index (χ4n) is 2.25. The minimum absolute atomic E-state index is 0.0695. The molecule has 0 fully saturated rings. The summed E-state index contributed by atoms with van der Waals surface area (Å²) < 4.78 is 24.6. The molecule has 0 aliphatic rings. The molecule has 0 aliphatic carbocycles. The quantitative estimate of drug-likeness (QED) is 0.833. The number of carbonyl (C=O) groups is 1. The standard InChI is InChI=1S/C15H15BrFNO4/c1-4-21-15(20)13-12(8(3)22-18-13)14(19)11-7(2)5-9(16)6-10(11)17/h5-6,14,19H,4H2,1-3H3. The fraction of sp³-hybridized carbons (Fsp3) is 0.333. The maximum atomic E-state index is 14.2. The van der Waals surface area contributed by atoms with Crippen LogP contribution in [0.5, 0.6) is 0 Å². The Labute approximate surface area is 135 Å². The predicted octanol–water partition coefficient (Wildman–Crippen LogP) is 3.45. The lowest BCUT2D eigenvalue weighted by molar-refractivity contribution is 0.0509. The largest absolute Gasteiger partial charge is 0.461 e. The van der Waals surface area contributed by atoms with Crippen molar-refractivity contribution in [3.8, 4) is 0 Å². The summed E-state index contributed by atoms with van der Waals surface area (Å²) in [6.07, 6.45) is -1.38. The van der Waals surface area contributed by atoms with Gasteiger partial charge in [-0.15, -0.1) is 0 Å². The summed E-state index contributed by atoms with van der Waals surface area (Å²) >= 11 is 3.19. The van der Waals surface area contributed by atoms with Gasteiger partial charge in [-0.2, -0.15) is 0 Å². The number of esters is 1. The van der Waals surface area contributed by atoms with Gasteiger partial charge in [0.1, 0.15) is 17.7 Å². The number of carbonyl (C=O) groups excluding carboxylic acids is 1. The van der Waals surface area contributed by atoms with Gasteiger partial charge in [-0.1, -0.05) is 21.1 Å². The number of hydrogen-bond donors (Lipinski definition) is 1. The van der Waals surface area contributed by atoms with Crippen LogP contribution in [0.25, 0.3) is 0 Å². The summed E-state index contributed by atoms with van der Waals surface area (Å²) in [6, 6.07) is 2.92. The van der Waals surface area contributed by atoms with Crippen LogP contribution in [-0.2, 0) is 4.74 Å². The van der Waals surface area contributed by atoms with E-state index in [1.54, 1.807) is 26.8 Å². The van der Waals surface area contributed by atoms with E-state index >= 15 is 0 Å². The Morgan fingerprint density at radius 3 is 2.73 bits per heavy atom. The van der Waals surface area contributed by atoms with Gasteiger partial charge >= 0.3 is 5.97 Å². The van der Waals surface area contributed by atoms with E-state index in [4.69, 9.17) is 9.26 Å². The van der Waals surface area contributed by atoms with Crippen molar-refractivity contribution in [1.82, 2.24) is 5.16 Å². The second kappa shape index (κ2) is 6.58. The molecule has 0 saturated carbocycles. The molecule has 1 aromatic heterocycles. The number of nitrogens with zero attached hydrogens (tertiary/aromatic N) is 1. The molecular formula is C15H15BrFNO4. The molecule has 0 spiro atoms. The number of hydrogen-bond acceptors (Lipinski definition) is 5. The van der Waals surface area contributed by atoms with Crippen molar-refractivity contribution in [3.05, 3.63) is 50.6 Å². The SMILES string of the molecule is CCOC(=O)c1noc(C)c1C(O)c1c(C)cc(Br)cc1F. The molecule has 2 rings (SSSR count). The average Bonchev–Trinajstić information content (AvgIpc) is 2.79. The van der Waals surface area contributed by atoms with Gasteiger partial charge in [0.05, 0.1) is 12.2 Å². The van der Waals surface area contributed by atoms with Crippen molar-refractivity contribution in [2.24, 2.45) is 0 Å². The van der Waals surface area contributed by atoms with E-state index in [1.807, 2.05) is 0 Å². The minimum Gasteiger partial charge on any atom is -0.461 e. The molecule has 1 unspecified atom stereocenters. The van der Waals surface area contributed by atoms with Crippen LogP contribution in [0.2, 0.25) is 0 Å². The number of aromatic nitrogens is 1. The molecule has 1 heterocycles. The Morgan fingerprint density at radius 2 is 2.14 bits per heavy atom. The zero-order valence-corrected chi connectivity index (χ0v) is 13.9. The van der Waals surface area contributed by atoms with Gasteiger partial charge in [0.25, 0.3) is 0 Å². The summed E-state index contributed by atoms with van der Waals surface area (Å²) in [5.74, 6) is -1.07. The maximum absolute atomic E-state index is 14.2. The Balaban J connectivity index is 2.53. The molecule has 5 nitrogen and oxygen atoms in total. The fourth-order valence-corrected chi connectivity index (χ4v) is 2.80. The van der Waals surface area contributed by atoms with Crippen molar-refractivity contribution < 1.29 is 23.6 Å². The number of aliphatic hydroxyl groups is 1. The average molecular weight is 372 g/mol. The first-order chi connectivity index (χ1) is 10.4. The third-order valence-corrected chi connectivity index (χ3v) is 3.68. The van der Waals surface area contributed by atoms with Gasteiger partial charge < -0.3 is 14.4 Å². The monoisotopic (exact) mass is 371 g/mol. The molecule has 0 amide bonds. The van der Waals surface area contributed by atoms with Crippen molar-refractivity contribution in [1.29, 1.82) is 0 Å². The highest BCUT2D eigenvalue weighted by atomic mass is 79.9. The summed E-state index contributed by atoms with van der Waals surface area (Å²) in [5.41, 5.74) is 0.575. The molecule has 2 aromatic rings. The lowest BCUT2D eigenvalue weighted by Gasteiger charge is -2.15. The summed E-state index contributed by atoms with van der Waals surface area (Å²) in [4.78, 5) is 11.9.